The molecule has 3 aromatic rings. The van der Waals surface area contributed by atoms with Crippen molar-refractivity contribution in [2.45, 2.75) is 6.92 Å². The van der Waals surface area contributed by atoms with Gasteiger partial charge in [-0.25, -0.2) is 0 Å². The molecule has 3 heteroatoms. The van der Waals surface area contributed by atoms with Gasteiger partial charge in [-0.1, -0.05) is 0 Å². The maximum absolute atomic E-state index is 4.50. The Morgan fingerprint density at radius 2 is 1.50 bits per heavy atom. The van der Waals surface area contributed by atoms with Crippen LogP contribution >= 0.6 is 0 Å². The summed E-state index contributed by atoms with van der Waals surface area (Å²) in [6.45, 7) is 2.12. The summed E-state index contributed by atoms with van der Waals surface area (Å²) in [4.78, 5) is 4.50. The van der Waals surface area contributed by atoms with Crippen LogP contribution in [-0.4, -0.2) is 25.1 Å². The van der Waals surface area contributed by atoms with Crippen LogP contribution < -0.4 is 0 Å². The van der Waals surface area contributed by atoms with Crippen molar-refractivity contribution in [3.05, 3.63) is 76.9 Å². The first-order valence-electron chi connectivity index (χ1n) is 6.47. The predicted molar refractivity (Wildman–Crippen MR) is 82.7 cm³/mol. The Labute approximate surface area is 126 Å². The summed E-state index contributed by atoms with van der Waals surface area (Å²) in [5, 5.41) is 0. The van der Waals surface area contributed by atoms with Gasteiger partial charge in [-0.3, -0.25) is 0 Å². The van der Waals surface area contributed by atoms with E-state index in [-0.39, 0.29) is 0 Å². The standard InChI is InChI=1S/C17H14N2Se/c1-13-16(14-8-4-2-5-9-14)12-18-17(20)19(13)15-10-6-3-7-11-15/h2-12H,1H3. The Bertz CT molecular complexity index is 777. The molecular formula is C17H14N2Se. The van der Waals surface area contributed by atoms with Gasteiger partial charge in [0.2, 0.25) is 0 Å². The van der Waals surface area contributed by atoms with Crippen molar-refractivity contribution in [3.63, 3.8) is 0 Å². The Balaban J connectivity index is 2.25. The second-order valence-electron chi connectivity index (χ2n) is 4.58. The summed E-state index contributed by atoms with van der Waals surface area (Å²) in [7, 11) is 0. The fourth-order valence-corrected chi connectivity index (χ4v) is 2.94. The van der Waals surface area contributed by atoms with Crippen LogP contribution in [0.5, 0.6) is 0 Å². The molecular weight excluding hydrogens is 311 g/mol. The van der Waals surface area contributed by atoms with E-state index in [1.807, 2.05) is 42.6 Å². The van der Waals surface area contributed by atoms with Crippen LogP contribution in [0.25, 0.3) is 16.8 Å². The molecule has 0 aliphatic rings. The molecule has 0 bridgehead atoms. The fourth-order valence-electron chi connectivity index (χ4n) is 2.32. The van der Waals surface area contributed by atoms with E-state index >= 15 is 0 Å². The average Bonchev–Trinajstić information content (AvgIpc) is 2.49. The molecule has 2 aromatic carbocycles. The molecule has 0 saturated heterocycles. The summed E-state index contributed by atoms with van der Waals surface area (Å²) < 4.78 is 3.01. The minimum absolute atomic E-state index is 0.869. The summed E-state index contributed by atoms with van der Waals surface area (Å²) in [5.41, 5.74) is 4.62. The van der Waals surface area contributed by atoms with Gasteiger partial charge in [0.25, 0.3) is 0 Å². The van der Waals surface area contributed by atoms with Crippen molar-refractivity contribution in [2.75, 3.05) is 0 Å². The van der Waals surface area contributed by atoms with Crippen molar-refractivity contribution in [2.24, 2.45) is 0 Å². The summed E-state index contributed by atoms with van der Waals surface area (Å²) in [5.74, 6) is 0. The van der Waals surface area contributed by atoms with Gasteiger partial charge in [-0.05, 0) is 0 Å². The molecule has 0 radical (unpaired) electrons. The van der Waals surface area contributed by atoms with E-state index in [4.69, 9.17) is 0 Å². The Morgan fingerprint density at radius 3 is 2.15 bits per heavy atom. The van der Waals surface area contributed by atoms with Gasteiger partial charge in [-0.2, -0.15) is 0 Å². The third-order valence-electron chi connectivity index (χ3n) is 3.32. The second kappa shape index (κ2) is 5.58. The normalized spacial score (nSPS) is 10.4. The van der Waals surface area contributed by atoms with Crippen LogP contribution in [0.15, 0.2) is 66.9 Å². The number of rotatable bonds is 2. The molecule has 20 heavy (non-hydrogen) atoms. The number of para-hydroxylation sites is 1. The Hall–Kier alpha value is -1.96. The molecule has 0 atom stereocenters. The molecule has 0 saturated carbocycles. The summed E-state index contributed by atoms with van der Waals surface area (Å²) in [6, 6.07) is 20.6. The molecule has 1 aromatic heterocycles. The van der Waals surface area contributed by atoms with Gasteiger partial charge < -0.3 is 0 Å². The number of benzene rings is 2. The van der Waals surface area contributed by atoms with Crippen LogP contribution in [0.2, 0.25) is 0 Å². The molecule has 0 aliphatic heterocycles. The van der Waals surface area contributed by atoms with E-state index in [2.05, 4.69) is 56.3 Å². The summed E-state index contributed by atoms with van der Waals surface area (Å²) in [6.07, 6.45) is 1.93. The molecule has 0 N–H and O–H groups in total. The Morgan fingerprint density at radius 1 is 0.900 bits per heavy atom. The first kappa shape index (κ1) is 13.0. The molecule has 0 unspecified atom stereocenters. The van der Waals surface area contributed by atoms with Crippen molar-refractivity contribution >= 4 is 15.6 Å². The third-order valence-corrected chi connectivity index (χ3v) is 3.92. The molecule has 3 rings (SSSR count). The summed E-state index contributed by atoms with van der Waals surface area (Å²) >= 11 is 3.04. The van der Waals surface area contributed by atoms with Crippen LogP contribution in [-0.2, 0) is 0 Å². The van der Waals surface area contributed by atoms with Gasteiger partial charge in [0, 0.05) is 0 Å². The second-order valence-corrected chi connectivity index (χ2v) is 5.34. The molecule has 0 fully saturated rings. The molecule has 0 spiro atoms. The van der Waals surface area contributed by atoms with Crippen molar-refractivity contribution in [3.8, 4) is 16.8 Å². The maximum atomic E-state index is 4.50. The number of hydrogen-bond acceptors (Lipinski definition) is 1. The molecule has 1 heterocycles. The first-order chi connectivity index (χ1) is 9.77. The number of hydrogen-bond donors (Lipinski definition) is 0. The van der Waals surface area contributed by atoms with Gasteiger partial charge in [0.15, 0.2) is 0 Å². The molecule has 0 amide bonds. The van der Waals surface area contributed by atoms with E-state index in [1.54, 1.807) is 0 Å². The first-order valence-corrected chi connectivity index (χ1v) is 7.32. The van der Waals surface area contributed by atoms with E-state index in [9.17, 15) is 0 Å². The average molecular weight is 325 g/mol. The Kier molecular flexibility index (Phi) is 3.64. The zero-order valence-electron chi connectivity index (χ0n) is 11.2. The van der Waals surface area contributed by atoms with Crippen LogP contribution in [0.4, 0.5) is 0 Å². The third kappa shape index (κ3) is 2.38. The van der Waals surface area contributed by atoms with Crippen LogP contribution in [0, 0.1) is 11.2 Å². The van der Waals surface area contributed by atoms with Crippen molar-refractivity contribution < 1.29 is 0 Å². The predicted octanol–water partition coefficient (Wildman–Crippen LogP) is 3.55. The monoisotopic (exact) mass is 326 g/mol. The van der Waals surface area contributed by atoms with E-state index in [0.717, 1.165) is 15.6 Å². The molecule has 98 valence electrons. The quantitative estimate of drug-likeness (QED) is 0.659. The van der Waals surface area contributed by atoms with Gasteiger partial charge in [-0.15, -0.1) is 0 Å². The van der Waals surface area contributed by atoms with E-state index in [1.165, 1.54) is 11.3 Å². The van der Waals surface area contributed by atoms with Crippen LogP contribution in [0.1, 0.15) is 5.69 Å². The minimum atomic E-state index is 0.869. The number of nitrogens with zero attached hydrogens (tertiary/aromatic N) is 2. The zero-order chi connectivity index (χ0) is 13.9. The zero-order valence-corrected chi connectivity index (χ0v) is 12.9. The van der Waals surface area contributed by atoms with Gasteiger partial charge >= 0.3 is 126 Å². The topological polar surface area (TPSA) is 17.8 Å². The van der Waals surface area contributed by atoms with Crippen molar-refractivity contribution in [1.29, 1.82) is 0 Å². The molecule has 2 nitrogen and oxygen atoms in total. The van der Waals surface area contributed by atoms with Crippen LogP contribution in [0.3, 0.4) is 0 Å². The fraction of sp³-hybridized carbons (Fsp3) is 0.0588. The van der Waals surface area contributed by atoms with Gasteiger partial charge in [0.1, 0.15) is 0 Å². The van der Waals surface area contributed by atoms with Crippen molar-refractivity contribution in [1.82, 2.24) is 9.55 Å². The number of aromatic nitrogens is 2. The molecule has 0 aliphatic carbocycles. The van der Waals surface area contributed by atoms with E-state index in [0.29, 0.717) is 0 Å². The SMILES string of the molecule is Cc1c(-c2ccccc2)cnc(=[Se])n1-c1ccccc1. The van der Waals surface area contributed by atoms with Gasteiger partial charge in [0.05, 0.1) is 0 Å². The van der Waals surface area contributed by atoms with E-state index < -0.39 is 0 Å².